The van der Waals surface area contributed by atoms with E-state index in [9.17, 15) is 14.4 Å². The number of carbonyl (C=O) groups is 3. The van der Waals surface area contributed by atoms with Gasteiger partial charge in [0.05, 0.1) is 19.4 Å². The van der Waals surface area contributed by atoms with E-state index >= 15 is 0 Å². The van der Waals surface area contributed by atoms with Crippen molar-refractivity contribution in [1.29, 1.82) is 0 Å². The van der Waals surface area contributed by atoms with Gasteiger partial charge in [-0.1, -0.05) is 60.7 Å². The number of aliphatic imine (C=N–C) groups is 1. The molecule has 6 nitrogen and oxygen atoms in total. The molecule has 0 aliphatic heterocycles. The molecule has 0 saturated heterocycles. The van der Waals surface area contributed by atoms with Crippen LogP contribution < -0.4 is 0 Å². The number of esters is 2. The Morgan fingerprint density at radius 2 is 1.43 bits per heavy atom. The van der Waals surface area contributed by atoms with Crippen LogP contribution in [-0.2, 0) is 19.1 Å². The zero-order valence-electron chi connectivity index (χ0n) is 15.3. The van der Waals surface area contributed by atoms with E-state index in [-0.39, 0.29) is 22.3 Å². The quantitative estimate of drug-likeness (QED) is 0.213. The van der Waals surface area contributed by atoms with Crippen LogP contribution in [0.1, 0.15) is 22.8 Å². The molecule has 0 radical (unpaired) electrons. The van der Waals surface area contributed by atoms with Crippen molar-refractivity contribution in [2.75, 3.05) is 13.7 Å². The molecule has 0 spiro atoms. The Balaban J connectivity index is 2.67. The number of halogens is 1. The minimum Gasteiger partial charge on any atom is -0.465 e. The van der Waals surface area contributed by atoms with Crippen LogP contribution in [0.4, 0.5) is 0 Å². The first-order chi connectivity index (χ1) is 13.5. The predicted molar refractivity (Wildman–Crippen MR) is 109 cm³/mol. The van der Waals surface area contributed by atoms with E-state index < -0.39 is 23.4 Å². The highest BCUT2D eigenvalue weighted by molar-refractivity contribution is 9.12. The lowest BCUT2D eigenvalue weighted by Crippen LogP contribution is -2.27. The summed E-state index contributed by atoms with van der Waals surface area (Å²) in [5, 5.41) is 0. The number of rotatable bonds is 7. The predicted octanol–water partition coefficient (Wildman–Crippen LogP) is 3.81. The molecule has 0 bridgehead atoms. The third-order valence-corrected chi connectivity index (χ3v) is 4.26. The molecule has 2 aromatic rings. The number of carbonyl (C=O) groups excluding carboxylic acids is 3. The van der Waals surface area contributed by atoms with Gasteiger partial charge in [-0.3, -0.25) is 4.79 Å². The molecule has 0 N–H and O–H groups in total. The maximum Gasteiger partial charge on any atom is 0.361 e. The number of ether oxygens (including phenoxy) is 2. The molecule has 2 aromatic carbocycles. The van der Waals surface area contributed by atoms with E-state index in [2.05, 4.69) is 20.9 Å². The fourth-order valence-corrected chi connectivity index (χ4v) is 2.73. The first kappa shape index (κ1) is 21.2. The molecule has 0 amide bonds. The number of nitrogens with zero attached hydrogens (tertiary/aromatic N) is 1. The Kier molecular flexibility index (Phi) is 7.83. The van der Waals surface area contributed by atoms with E-state index in [1.165, 1.54) is 7.11 Å². The molecule has 7 heteroatoms. The van der Waals surface area contributed by atoms with Crippen LogP contribution in [0.3, 0.4) is 0 Å². The number of methoxy groups -OCH3 is 1. The van der Waals surface area contributed by atoms with E-state index in [1.807, 2.05) is 0 Å². The number of hydrogen-bond acceptors (Lipinski definition) is 6. The molecule has 0 aliphatic carbocycles. The van der Waals surface area contributed by atoms with Gasteiger partial charge in [-0.25, -0.2) is 14.6 Å². The first-order valence-corrected chi connectivity index (χ1v) is 9.18. The summed E-state index contributed by atoms with van der Waals surface area (Å²) in [4.78, 5) is 41.6. The van der Waals surface area contributed by atoms with Gasteiger partial charge in [0, 0.05) is 11.1 Å². The van der Waals surface area contributed by atoms with E-state index in [0.717, 1.165) is 0 Å². The molecule has 0 fully saturated rings. The second kappa shape index (κ2) is 10.3. The standard InChI is InChI=1S/C21H18BrNO5/c1-3-28-21(26)18(19(24)15-12-8-5-9-13-15)23-17(16(22)20(25)27-2)14-10-6-4-7-11-14/h4-13H,3H2,1-2H3/b17-16+,23-18?. The molecular weight excluding hydrogens is 426 g/mol. The average Bonchev–Trinajstić information content (AvgIpc) is 2.74. The highest BCUT2D eigenvalue weighted by Crippen LogP contribution is 2.26. The highest BCUT2D eigenvalue weighted by Gasteiger charge is 2.25. The summed E-state index contributed by atoms with van der Waals surface area (Å²) in [6.45, 7) is 1.70. The van der Waals surface area contributed by atoms with Crippen molar-refractivity contribution in [3.05, 3.63) is 76.3 Å². The summed E-state index contributed by atoms with van der Waals surface area (Å²) in [6, 6.07) is 16.9. The van der Waals surface area contributed by atoms with Crippen LogP contribution in [0, 0.1) is 0 Å². The van der Waals surface area contributed by atoms with Crippen molar-refractivity contribution in [3.63, 3.8) is 0 Å². The molecule has 0 unspecified atom stereocenters. The number of ketones is 1. The number of Topliss-reactive ketones (excluding diaryl/α,β-unsaturated/α-hetero) is 1. The van der Waals surface area contributed by atoms with E-state index in [4.69, 9.17) is 9.47 Å². The van der Waals surface area contributed by atoms with Crippen LogP contribution in [0.2, 0.25) is 0 Å². The Labute approximate surface area is 171 Å². The summed E-state index contributed by atoms with van der Waals surface area (Å²) >= 11 is 3.16. The topological polar surface area (TPSA) is 82.0 Å². The van der Waals surface area contributed by atoms with Gasteiger partial charge < -0.3 is 9.47 Å². The number of hydrogen-bond donors (Lipinski definition) is 0. The summed E-state index contributed by atoms with van der Waals surface area (Å²) in [5.74, 6) is -2.19. The van der Waals surface area contributed by atoms with Crippen molar-refractivity contribution in [2.45, 2.75) is 6.92 Å². The lowest BCUT2D eigenvalue weighted by atomic mass is 10.1. The van der Waals surface area contributed by atoms with Gasteiger partial charge in [-0.2, -0.15) is 0 Å². The molecular formula is C21H18BrNO5. The van der Waals surface area contributed by atoms with Crippen LogP contribution in [0.15, 0.2) is 70.1 Å². The fraction of sp³-hybridized carbons (Fsp3) is 0.143. The van der Waals surface area contributed by atoms with Gasteiger partial charge in [-0.15, -0.1) is 0 Å². The monoisotopic (exact) mass is 443 g/mol. The average molecular weight is 444 g/mol. The molecule has 0 aromatic heterocycles. The summed E-state index contributed by atoms with van der Waals surface area (Å²) < 4.78 is 9.72. The molecule has 0 atom stereocenters. The van der Waals surface area contributed by atoms with Crippen molar-refractivity contribution in [3.8, 4) is 0 Å². The van der Waals surface area contributed by atoms with E-state index in [0.29, 0.717) is 5.56 Å². The first-order valence-electron chi connectivity index (χ1n) is 8.38. The summed E-state index contributed by atoms with van der Waals surface area (Å²) in [5.41, 5.74) is 0.436. The van der Waals surface area contributed by atoms with Crippen LogP contribution in [0.5, 0.6) is 0 Å². The Bertz CT molecular complexity index is 920. The van der Waals surface area contributed by atoms with Gasteiger partial charge in [0.15, 0.2) is 5.71 Å². The van der Waals surface area contributed by atoms with Gasteiger partial charge in [0.2, 0.25) is 5.78 Å². The van der Waals surface area contributed by atoms with E-state index in [1.54, 1.807) is 67.6 Å². The number of benzene rings is 2. The van der Waals surface area contributed by atoms with Crippen molar-refractivity contribution < 1.29 is 23.9 Å². The van der Waals surface area contributed by atoms with Gasteiger partial charge in [0.1, 0.15) is 4.48 Å². The maximum atomic E-state index is 12.9. The Hall–Kier alpha value is -3.06. The smallest absolute Gasteiger partial charge is 0.361 e. The lowest BCUT2D eigenvalue weighted by molar-refractivity contribution is -0.136. The minimum absolute atomic E-state index is 0.0242. The normalized spacial score (nSPS) is 12.0. The van der Waals surface area contributed by atoms with Gasteiger partial charge in [-0.05, 0) is 22.9 Å². The Morgan fingerprint density at radius 3 is 1.93 bits per heavy atom. The zero-order valence-corrected chi connectivity index (χ0v) is 16.9. The van der Waals surface area contributed by atoms with Crippen molar-refractivity contribution in [2.24, 2.45) is 4.99 Å². The third kappa shape index (κ3) is 5.23. The fourth-order valence-electron chi connectivity index (χ4n) is 2.25. The van der Waals surface area contributed by atoms with Crippen LogP contribution in [-0.4, -0.2) is 37.2 Å². The molecule has 0 aliphatic rings. The van der Waals surface area contributed by atoms with Gasteiger partial charge in [0.25, 0.3) is 0 Å². The Morgan fingerprint density at radius 1 is 0.893 bits per heavy atom. The largest absolute Gasteiger partial charge is 0.465 e. The third-order valence-electron chi connectivity index (χ3n) is 3.56. The molecule has 0 heterocycles. The summed E-state index contributed by atoms with van der Waals surface area (Å²) in [6.07, 6.45) is 0. The minimum atomic E-state index is -0.880. The lowest BCUT2D eigenvalue weighted by Gasteiger charge is -2.10. The van der Waals surface area contributed by atoms with Crippen LogP contribution in [0.25, 0.3) is 5.70 Å². The molecule has 144 valence electrons. The zero-order chi connectivity index (χ0) is 20.5. The van der Waals surface area contributed by atoms with Crippen LogP contribution >= 0.6 is 15.9 Å². The maximum absolute atomic E-state index is 12.9. The van der Waals surface area contributed by atoms with Crippen molar-refractivity contribution in [1.82, 2.24) is 0 Å². The van der Waals surface area contributed by atoms with Gasteiger partial charge >= 0.3 is 11.9 Å². The molecule has 2 rings (SSSR count). The van der Waals surface area contributed by atoms with Crippen molar-refractivity contribution >= 4 is 45.1 Å². The highest BCUT2D eigenvalue weighted by atomic mass is 79.9. The molecule has 28 heavy (non-hydrogen) atoms. The second-order valence-corrected chi connectivity index (χ2v) is 6.19. The SMILES string of the molecule is CCOC(=O)C(=N/C(=C(/Br)C(=O)OC)c1ccccc1)C(=O)c1ccccc1. The second-order valence-electron chi connectivity index (χ2n) is 5.40. The summed E-state index contributed by atoms with van der Waals surface area (Å²) in [7, 11) is 1.22. The molecule has 0 saturated carbocycles.